The van der Waals surface area contributed by atoms with Crippen molar-refractivity contribution in [1.82, 2.24) is 5.32 Å². The van der Waals surface area contributed by atoms with Crippen molar-refractivity contribution in [1.29, 1.82) is 0 Å². The molecule has 1 aliphatic heterocycles. The molecule has 0 radical (unpaired) electrons. The standard InChI is InChI=1S/C8H9NO2/c1-11-8(10)7-5-3-2-4-6-9-7/h2-6,9H,1H3. The van der Waals surface area contributed by atoms with E-state index in [1.807, 2.05) is 6.08 Å². The van der Waals surface area contributed by atoms with Crippen LogP contribution in [-0.2, 0) is 9.53 Å². The van der Waals surface area contributed by atoms with E-state index in [4.69, 9.17) is 0 Å². The van der Waals surface area contributed by atoms with E-state index < -0.39 is 0 Å². The van der Waals surface area contributed by atoms with E-state index in [0.717, 1.165) is 0 Å². The number of methoxy groups -OCH3 is 1. The number of rotatable bonds is 1. The summed E-state index contributed by atoms with van der Waals surface area (Å²) in [6.07, 6.45) is 8.72. The Labute approximate surface area is 65.0 Å². The van der Waals surface area contributed by atoms with E-state index in [2.05, 4.69) is 10.1 Å². The molecule has 0 atom stereocenters. The maximum Gasteiger partial charge on any atom is 0.354 e. The highest BCUT2D eigenvalue weighted by Gasteiger charge is 2.05. The second-order valence-corrected chi connectivity index (χ2v) is 1.96. The van der Waals surface area contributed by atoms with E-state index >= 15 is 0 Å². The van der Waals surface area contributed by atoms with Crippen LogP contribution in [0.4, 0.5) is 0 Å². The molecule has 0 fully saturated rings. The van der Waals surface area contributed by atoms with Crippen LogP contribution in [0.3, 0.4) is 0 Å². The molecule has 1 rings (SSSR count). The average Bonchev–Trinajstić information content (AvgIpc) is 2.30. The fraction of sp³-hybridized carbons (Fsp3) is 0.125. The van der Waals surface area contributed by atoms with E-state index in [-0.39, 0.29) is 5.97 Å². The molecule has 58 valence electrons. The minimum absolute atomic E-state index is 0.360. The van der Waals surface area contributed by atoms with Crippen molar-refractivity contribution in [3.8, 4) is 0 Å². The van der Waals surface area contributed by atoms with Gasteiger partial charge in [-0.15, -0.1) is 0 Å². The van der Waals surface area contributed by atoms with Gasteiger partial charge in [-0.1, -0.05) is 12.2 Å². The number of esters is 1. The van der Waals surface area contributed by atoms with Crippen LogP contribution in [0.25, 0.3) is 0 Å². The molecule has 11 heavy (non-hydrogen) atoms. The van der Waals surface area contributed by atoms with E-state index in [1.54, 1.807) is 24.4 Å². The Morgan fingerprint density at radius 2 is 2.27 bits per heavy atom. The zero-order chi connectivity index (χ0) is 8.10. The zero-order valence-corrected chi connectivity index (χ0v) is 6.20. The van der Waals surface area contributed by atoms with E-state index in [9.17, 15) is 4.79 Å². The first-order valence-electron chi connectivity index (χ1n) is 3.23. The molecule has 0 aromatic heterocycles. The lowest BCUT2D eigenvalue weighted by Gasteiger charge is -2.01. The van der Waals surface area contributed by atoms with Crippen LogP contribution in [0, 0.1) is 0 Å². The summed E-state index contributed by atoms with van der Waals surface area (Å²) in [6.45, 7) is 0. The van der Waals surface area contributed by atoms with Crippen LogP contribution in [-0.4, -0.2) is 13.1 Å². The van der Waals surface area contributed by atoms with Crippen molar-refractivity contribution < 1.29 is 9.53 Å². The normalized spacial score (nSPS) is 14.8. The van der Waals surface area contributed by atoms with Gasteiger partial charge in [0.2, 0.25) is 0 Å². The fourth-order valence-electron chi connectivity index (χ4n) is 0.694. The predicted molar refractivity (Wildman–Crippen MR) is 41.5 cm³/mol. The largest absolute Gasteiger partial charge is 0.464 e. The summed E-state index contributed by atoms with van der Waals surface area (Å²) in [7, 11) is 1.35. The SMILES string of the molecule is COC(=O)C1=CC=CC=CN1. The van der Waals surface area contributed by atoms with Crippen molar-refractivity contribution in [3.63, 3.8) is 0 Å². The van der Waals surface area contributed by atoms with Gasteiger partial charge in [0, 0.05) is 6.20 Å². The van der Waals surface area contributed by atoms with Crippen molar-refractivity contribution >= 4 is 5.97 Å². The lowest BCUT2D eigenvalue weighted by molar-refractivity contribution is -0.136. The first-order chi connectivity index (χ1) is 5.34. The third-order valence-electron chi connectivity index (χ3n) is 1.23. The second kappa shape index (κ2) is 3.61. The van der Waals surface area contributed by atoms with Crippen LogP contribution in [0.2, 0.25) is 0 Å². The number of carbonyl (C=O) groups excluding carboxylic acids is 1. The molecule has 1 heterocycles. The van der Waals surface area contributed by atoms with Gasteiger partial charge in [0.05, 0.1) is 7.11 Å². The minimum Gasteiger partial charge on any atom is -0.464 e. The van der Waals surface area contributed by atoms with E-state index in [1.165, 1.54) is 7.11 Å². The van der Waals surface area contributed by atoms with Gasteiger partial charge in [0.15, 0.2) is 0 Å². The van der Waals surface area contributed by atoms with Gasteiger partial charge >= 0.3 is 5.97 Å². The quantitative estimate of drug-likeness (QED) is 0.561. The monoisotopic (exact) mass is 151 g/mol. The first kappa shape index (κ1) is 7.60. The average molecular weight is 151 g/mol. The highest BCUT2D eigenvalue weighted by atomic mass is 16.5. The van der Waals surface area contributed by atoms with Crippen molar-refractivity contribution in [3.05, 3.63) is 36.2 Å². The van der Waals surface area contributed by atoms with E-state index in [0.29, 0.717) is 5.70 Å². The molecule has 0 aromatic rings. The molecule has 0 aromatic carbocycles. The molecule has 0 aliphatic carbocycles. The Bertz CT molecular complexity index is 238. The number of hydrogen-bond donors (Lipinski definition) is 1. The molecule has 0 spiro atoms. The highest BCUT2D eigenvalue weighted by molar-refractivity contribution is 5.88. The summed E-state index contributed by atoms with van der Waals surface area (Å²) >= 11 is 0. The molecule has 1 aliphatic rings. The zero-order valence-electron chi connectivity index (χ0n) is 6.20. The molecule has 1 N–H and O–H groups in total. The van der Waals surface area contributed by atoms with Crippen LogP contribution >= 0.6 is 0 Å². The van der Waals surface area contributed by atoms with Gasteiger partial charge in [0.25, 0.3) is 0 Å². The molecule has 3 nitrogen and oxygen atoms in total. The summed E-state index contributed by atoms with van der Waals surface area (Å²) in [6, 6.07) is 0. The van der Waals surface area contributed by atoms with Gasteiger partial charge in [-0.2, -0.15) is 0 Å². The Hall–Kier alpha value is -1.51. The lowest BCUT2D eigenvalue weighted by Crippen LogP contribution is -2.15. The van der Waals surface area contributed by atoms with Gasteiger partial charge < -0.3 is 10.1 Å². The van der Waals surface area contributed by atoms with Crippen molar-refractivity contribution in [2.45, 2.75) is 0 Å². The lowest BCUT2D eigenvalue weighted by atomic mass is 10.4. The summed E-state index contributed by atoms with van der Waals surface area (Å²) in [5, 5.41) is 2.78. The first-order valence-corrected chi connectivity index (χ1v) is 3.23. The van der Waals surface area contributed by atoms with Crippen molar-refractivity contribution in [2.24, 2.45) is 0 Å². The molecular weight excluding hydrogens is 142 g/mol. The summed E-state index contributed by atoms with van der Waals surface area (Å²) in [5.74, 6) is -0.360. The van der Waals surface area contributed by atoms with Gasteiger partial charge in [-0.3, -0.25) is 0 Å². The number of allylic oxidation sites excluding steroid dienone is 4. The Morgan fingerprint density at radius 3 is 3.00 bits per heavy atom. The Balaban J connectivity index is 2.72. The Kier molecular flexibility index (Phi) is 2.49. The van der Waals surface area contributed by atoms with Gasteiger partial charge in [0.1, 0.15) is 5.70 Å². The fourth-order valence-corrected chi connectivity index (χ4v) is 0.694. The van der Waals surface area contributed by atoms with Crippen molar-refractivity contribution in [2.75, 3.05) is 7.11 Å². The predicted octanol–water partition coefficient (Wildman–Crippen LogP) is 0.716. The number of carbonyl (C=O) groups is 1. The molecule has 0 unspecified atom stereocenters. The Morgan fingerprint density at radius 1 is 1.45 bits per heavy atom. The topological polar surface area (TPSA) is 38.3 Å². The third-order valence-corrected chi connectivity index (χ3v) is 1.23. The van der Waals surface area contributed by atoms with Gasteiger partial charge in [-0.25, -0.2) is 4.79 Å². The minimum atomic E-state index is -0.360. The number of hydrogen-bond acceptors (Lipinski definition) is 3. The van der Waals surface area contributed by atoms with Gasteiger partial charge in [-0.05, 0) is 12.2 Å². The molecule has 0 saturated heterocycles. The molecule has 0 amide bonds. The van der Waals surface area contributed by atoms with Crippen LogP contribution in [0.1, 0.15) is 0 Å². The third kappa shape index (κ3) is 1.97. The highest BCUT2D eigenvalue weighted by Crippen LogP contribution is 1.96. The van der Waals surface area contributed by atoms with Crippen LogP contribution in [0.15, 0.2) is 36.2 Å². The number of nitrogens with one attached hydrogen (secondary N) is 1. The number of ether oxygens (including phenoxy) is 1. The molecule has 3 heteroatoms. The second-order valence-electron chi connectivity index (χ2n) is 1.96. The van der Waals surface area contributed by atoms with Crippen LogP contribution in [0.5, 0.6) is 0 Å². The summed E-state index contributed by atoms with van der Waals surface area (Å²) in [4.78, 5) is 10.9. The molecule has 0 bridgehead atoms. The maximum atomic E-state index is 10.9. The maximum absolute atomic E-state index is 10.9. The molecule has 0 saturated carbocycles. The van der Waals surface area contributed by atoms with Crippen LogP contribution < -0.4 is 5.32 Å². The summed E-state index contributed by atoms with van der Waals surface area (Å²) < 4.78 is 4.51. The smallest absolute Gasteiger partial charge is 0.354 e. The molecular formula is C8H9NO2. The summed E-state index contributed by atoms with van der Waals surface area (Å²) in [5.41, 5.74) is 0.442.